The number of benzene rings is 1. The Labute approximate surface area is 80.1 Å². The molecule has 0 atom stereocenters. The van der Waals surface area contributed by atoms with E-state index in [-0.39, 0.29) is 5.91 Å². The molecular weight excluding hydrogens is 218 g/mol. The summed E-state index contributed by atoms with van der Waals surface area (Å²) in [6, 6.07) is 5.61. The first-order valence-electron chi connectivity index (χ1n) is 3.63. The molecule has 1 amide bonds. The monoisotopic (exact) mass is 227 g/mol. The van der Waals surface area contributed by atoms with E-state index in [4.69, 9.17) is 0 Å². The van der Waals surface area contributed by atoms with Crippen LogP contribution in [0.25, 0.3) is 0 Å². The number of aryl methyl sites for hydroxylation is 1. The van der Waals surface area contributed by atoms with Crippen LogP contribution in [0.2, 0.25) is 0 Å². The molecule has 64 valence electrons. The molecule has 0 saturated heterocycles. The lowest BCUT2D eigenvalue weighted by Gasteiger charge is -2.01. The minimum Gasteiger partial charge on any atom is -0.355 e. The summed E-state index contributed by atoms with van der Waals surface area (Å²) >= 11 is 3.33. The molecule has 0 aromatic heterocycles. The highest BCUT2D eigenvalue weighted by molar-refractivity contribution is 9.10. The van der Waals surface area contributed by atoms with Crippen molar-refractivity contribution in [2.45, 2.75) is 6.92 Å². The molecule has 0 bridgehead atoms. The first kappa shape index (κ1) is 9.26. The molecule has 1 rings (SSSR count). The lowest BCUT2D eigenvalue weighted by Crippen LogP contribution is -2.17. The number of hydrogen-bond acceptors (Lipinski definition) is 1. The minimum atomic E-state index is -0.0561. The third-order valence-corrected chi connectivity index (χ3v) is 1.99. The summed E-state index contributed by atoms with van der Waals surface area (Å²) in [5, 5.41) is 2.58. The molecule has 1 aromatic rings. The van der Waals surface area contributed by atoms with Crippen molar-refractivity contribution in [3.8, 4) is 0 Å². The zero-order valence-corrected chi connectivity index (χ0v) is 8.60. The Bertz CT molecular complexity index is 289. The molecule has 0 saturated carbocycles. The summed E-state index contributed by atoms with van der Waals surface area (Å²) in [4.78, 5) is 11.2. The van der Waals surface area contributed by atoms with Crippen LogP contribution in [0, 0.1) is 6.92 Å². The molecule has 0 aliphatic heterocycles. The van der Waals surface area contributed by atoms with Gasteiger partial charge in [-0.15, -0.1) is 0 Å². The standard InChI is InChI=1S/C9H10BrNO/c1-6-3-7(9(12)11-2)5-8(10)4-6/h3-5H,1-2H3,(H,11,12). The van der Waals surface area contributed by atoms with Gasteiger partial charge in [-0.2, -0.15) is 0 Å². The van der Waals surface area contributed by atoms with Gasteiger partial charge in [0.2, 0.25) is 0 Å². The quantitative estimate of drug-likeness (QED) is 0.783. The maximum Gasteiger partial charge on any atom is 0.251 e. The molecule has 0 heterocycles. The molecular formula is C9H10BrNO. The molecule has 2 nitrogen and oxygen atoms in total. The third kappa shape index (κ3) is 2.08. The minimum absolute atomic E-state index is 0.0561. The average Bonchev–Trinajstić information content (AvgIpc) is 2.01. The van der Waals surface area contributed by atoms with Crippen LogP contribution in [0.15, 0.2) is 22.7 Å². The van der Waals surface area contributed by atoms with Crippen LogP contribution in [-0.2, 0) is 0 Å². The lowest BCUT2D eigenvalue weighted by molar-refractivity contribution is 0.0963. The average molecular weight is 228 g/mol. The first-order chi connectivity index (χ1) is 5.63. The van der Waals surface area contributed by atoms with Crippen molar-refractivity contribution in [2.24, 2.45) is 0 Å². The van der Waals surface area contributed by atoms with Crippen LogP contribution >= 0.6 is 15.9 Å². The second-order valence-electron chi connectivity index (χ2n) is 2.60. The van der Waals surface area contributed by atoms with E-state index in [1.54, 1.807) is 13.1 Å². The lowest BCUT2D eigenvalue weighted by atomic mass is 10.1. The molecule has 3 heteroatoms. The SMILES string of the molecule is CNC(=O)c1cc(C)cc(Br)c1. The Morgan fingerprint density at radius 3 is 2.58 bits per heavy atom. The van der Waals surface area contributed by atoms with Crippen molar-refractivity contribution < 1.29 is 4.79 Å². The van der Waals surface area contributed by atoms with Gasteiger partial charge < -0.3 is 5.32 Å². The highest BCUT2D eigenvalue weighted by atomic mass is 79.9. The predicted molar refractivity (Wildman–Crippen MR) is 52.3 cm³/mol. The largest absolute Gasteiger partial charge is 0.355 e. The van der Waals surface area contributed by atoms with Gasteiger partial charge >= 0.3 is 0 Å². The van der Waals surface area contributed by atoms with Gasteiger partial charge in [0.25, 0.3) is 5.91 Å². The van der Waals surface area contributed by atoms with Gasteiger partial charge in [0, 0.05) is 17.1 Å². The van der Waals surface area contributed by atoms with Gasteiger partial charge in [0.1, 0.15) is 0 Å². The summed E-state index contributed by atoms with van der Waals surface area (Å²) in [6.07, 6.45) is 0. The second-order valence-corrected chi connectivity index (χ2v) is 3.51. The van der Waals surface area contributed by atoms with Crippen LogP contribution in [-0.4, -0.2) is 13.0 Å². The number of amides is 1. The maximum atomic E-state index is 11.2. The molecule has 1 aromatic carbocycles. The van der Waals surface area contributed by atoms with Crippen LogP contribution in [0.3, 0.4) is 0 Å². The number of carbonyl (C=O) groups excluding carboxylic acids is 1. The fourth-order valence-corrected chi connectivity index (χ4v) is 1.62. The highest BCUT2D eigenvalue weighted by Gasteiger charge is 2.03. The van der Waals surface area contributed by atoms with E-state index in [1.807, 2.05) is 19.1 Å². The second kappa shape index (κ2) is 3.72. The van der Waals surface area contributed by atoms with Crippen molar-refractivity contribution in [3.63, 3.8) is 0 Å². The Kier molecular flexibility index (Phi) is 2.87. The third-order valence-electron chi connectivity index (χ3n) is 1.53. The normalized spacial score (nSPS) is 9.58. The number of nitrogens with one attached hydrogen (secondary N) is 1. The fourth-order valence-electron chi connectivity index (χ4n) is 1.01. The predicted octanol–water partition coefficient (Wildman–Crippen LogP) is 2.12. The molecule has 1 N–H and O–H groups in total. The summed E-state index contributed by atoms with van der Waals surface area (Å²) < 4.78 is 0.932. The summed E-state index contributed by atoms with van der Waals surface area (Å²) in [7, 11) is 1.62. The van der Waals surface area contributed by atoms with Gasteiger partial charge in [-0.1, -0.05) is 15.9 Å². The Morgan fingerprint density at radius 1 is 1.42 bits per heavy atom. The van der Waals surface area contributed by atoms with E-state index < -0.39 is 0 Å². The van der Waals surface area contributed by atoms with E-state index in [0.29, 0.717) is 5.56 Å². The molecule has 0 aliphatic rings. The van der Waals surface area contributed by atoms with E-state index in [1.165, 1.54) is 0 Å². The number of halogens is 1. The Hall–Kier alpha value is -0.830. The molecule has 0 fully saturated rings. The Balaban J connectivity index is 3.08. The highest BCUT2D eigenvalue weighted by Crippen LogP contribution is 2.14. The van der Waals surface area contributed by atoms with Crippen molar-refractivity contribution >= 4 is 21.8 Å². The van der Waals surface area contributed by atoms with E-state index >= 15 is 0 Å². The molecule has 0 radical (unpaired) electrons. The molecule has 0 unspecified atom stereocenters. The Morgan fingerprint density at radius 2 is 2.08 bits per heavy atom. The topological polar surface area (TPSA) is 29.1 Å². The van der Waals surface area contributed by atoms with E-state index in [0.717, 1.165) is 10.0 Å². The van der Waals surface area contributed by atoms with Gasteiger partial charge in [0.15, 0.2) is 0 Å². The first-order valence-corrected chi connectivity index (χ1v) is 4.42. The number of hydrogen-bond donors (Lipinski definition) is 1. The van der Waals surface area contributed by atoms with Gasteiger partial charge in [-0.25, -0.2) is 0 Å². The van der Waals surface area contributed by atoms with Crippen molar-refractivity contribution in [2.75, 3.05) is 7.05 Å². The zero-order chi connectivity index (χ0) is 9.14. The van der Waals surface area contributed by atoms with Gasteiger partial charge in [-0.3, -0.25) is 4.79 Å². The van der Waals surface area contributed by atoms with Gasteiger partial charge in [0.05, 0.1) is 0 Å². The smallest absolute Gasteiger partial charge is 0.251 e. The maximum absolute atomic E-state index is 11.2. The molecule has 12 heavy (non-hydrogen) atoms. The van der Waals surface area contributed by atoms with Crippen LogP contribution in [0.5, 0.6) is 0 Å². The fraction of sp³-hybridized carbons (Fsp3) is 0.222. The number of carbonyl (C=O) groups is 1. The van der Waals surface area contributed by atoms with E-state index in [9.17, 15) is 4.79 Å². The summed E-state index contributed by atoms with van der Waals surface area (Å²) in [5.41, 5.74) is 1.76. The van der Waals surface area contributed by atoms with E-state index in [2.05, 4.69) is 21.2 Å². The van der Waals surface area contributed by atoms with Crippen LogP contribution in [0.1, 0.15) is 15.9 Å². The summed E-state index contributed by atoms with van der Waals surface area (Å²) in [5.74, 6) is -0.0561. The molecule has 0 aliphatic carbocycles. The number of rotatable bonds is 1. The van der Waals surface area contributed by atoms with Crippen molar-refractivity contribution in [3.05, 3.63) is 33.8 Å². The van der Waals surface area contributed by atoms with Crippen LogP contribution in [0.4, 0.5) is 0 Å². The summed E-state index contributed by atoms with van der Waals surface area (Å²) in [6.45, 7) is 1.96. The van der Waals surface area contributed by atoms with Gasteiger partial charge in [-0.05, 0) is 30.7 Å². The zero-order valence-electron chi connectivity index (χ0n) is 7.02. The molecule has 0 spiro atoms. The van der Waals surface area contributed by atoms with Crippen molar-refractivity contribution in [1.82, 2.24) is 5.32 Å². The van der Waals surface area contributed by atoms with Crippen LogP contribution < -0.4 is 5.32 Å². The van der Waals surface area contributed by atoms with Crippen molar-refractivity contribution in [1.29, 1.82) is 0 Å².